The van der Waals surface area contributed by atoms with Gasteiger partial charge in [-0.15, -0.1) is 0 Å². The van der Waals surface area contributed by atoms with Crippen LogP contribution in [-0.2, 0) is 9.53 Å². The van der Waals surface area contributed by atoms with Gasteiger partial charge in [-0.05, 0) is 56.4 Å². The Morgan fingerprint density at radius 2 is 1.79 bits per heavy atom. The molecule has 1 aromatic carbocycles. The molecule has 3 aliphatic rings. The second-order valence-electron chi connectivity index (χ2n) is 8.14. The number of nitrogens with zero attached hydrogens (tertiary/aromatic N) is 1. The van der Waals surface area contributed by atoms with E-state index in [2.05, 4.69) is 5.32 Å². The summed E-state index contributed by atoms with van der Waals surface area (Å²) in [6.07, 6.45) is 7.40. The van der Waals surface area contributed by atoms with E-state index < -0.39 is 0 Å². The van der Waals surface area contributed by atoms with E-state index in [4.69, 9.17) is 9.47 Å². The summed E-state index contributed by atoms with van der Waals surface area (Å²) < 4.78 is 11.7. The molecule has 3 fully saturated rings. The molecule has 1 aliphatic carbocycles. The molecule has 2 saturated heterocycles. The van der Waals surface area contributed by atoms with Gasteiger partial charge in [0, 0.05) is 50.6 Å². The second kappa shape index (κ2) is 8.95. The third-order valence-electron chi connectivity index (χ3n) is 5.86. The number of hydrogen-bond acceptors (Lipinski definition) is 4. The van der Waals surface area contributed by atoms with Crippen LogP contribution in [0, 0.1) is 5.92 Å². The molecule has 0 spiro atoms. The normalized spacial score (nSPS) is 23.3. The molecule has 0 bridgehead atoms. The fraction of sp³-hybridized carbons (Fsp3) is 0.636. The molecule has 2 aliphatic heterocycles. The Hall–Kier alpha value is -2.08. The van der Waals surface area contributed by atoms with Crippen LogP contribution in [-0.4, -0.2) is 55.2 Å². The highest BCUT2D eigenvalue weighted by molar-refractivity contribution is 5.94. The lowest BCUT2D eigenvalue weighted by Gasteiger charge is -2.32. The number of amides is 2. The first-order chi connectivity index (χ1) is 13.7. The maximum absolute atomic E-state index is 12.3. The van der Waals surface area contributed by atoms with Crippen LogP contribution >= 0.6 is 0 Å². The quantitative estimate of drug-likeness (QED) is 0.816. The second-order valence-corrected chi connectivity index (χ2v) is 8.14. The van der Waals surface area contributed by atoms with Gasteiger partial charge < -0.3 is 19.7 Å². The number of carbonyl (C=O) groups is 2. The number of rotatable bonds is 6. The Balaban J connectivity index is 1.21. The molecule has 152 valence electrons. The highest BCUT2D eigenvalue weighted by Crippen LogP contribution is 2.32. The Labute approximate surface area is 166 Å². The van der Waals surface area contributed by atoms with Crippen molar-refractivity contribution in [2.75, 3.05) is 26.2 Å². The smallest absolute Gasteiger partial charge is 0.251 e. The summed E-state index contributed by atoms with van der Waals surface area (Å²) >= 11 is 0. The summed E-state index contributed by atoms with van der Waals surface area (Å²) in [6.45, 7) is 2.92. The SMILES string of the molecule is O=C(NC[C@H]1CCCCO1)c1ccc(OC2CCN(C(=O)C3CC3)CC2)cc1. The molecule has 6 nitrogen and oxygen atoms in total. The monoisotopic (exact) mass is 386 g/mol. The number of hydrogen-bond donors (Lipinski definition) is 1. The standard InChI is InChI=1S/C22H30N2O4/c25-21(23-15-20-3-1-2-14-27-20)16-6-8-18(9-7-16)28-19-10-12-24(13-11-19)22(26)17-4-5-17/h6-9,17,19-20H,1-5,10-15H2,(H,23,25)/t20-/m1/s1. The van der Waals surface area contributed by atoms with Gasteiger partial charge in [0.1, 0.15) is 11.9 Å². The number of piperidine rings is 1. The summed E-state index contributed by atoms with van der Waals surface area (Å²) in [5.74, 6) is 1.32. The maximum atomic E-state index is 12.3. The number of carbonyl (C=O) groups excluding carboxylic acids is 2. The van der Waals surface area contributed by atoms with E-state index in [1.54, 1.807) is 12.1 Å². The Morgan fingerprint density at radius 3 is 2.43 bits per heavy atom. The molecule has 1 N–H and O–H groups in total. The first-order valence-corrected chi connectivity index (χ1v) is 10.6. The first-order valence-electron chi connectivity index (χ1n) is 10.6. The van der Waals surface area contributed by atoms with Crippen molar-refractivity contribution in [3.8, 4) is 5.75 Å². The highest BCUT2D eigenvalue weighted by Gasteiger charge is 2.35. The van der Waals surface area contributed by atoms with Gasteiger partial charge in [-0.1, -0.05) is 0 Å². The van der Waals surface area contributed by atoms with Crippen molar-refractivity contribution in [2.24, 2.45) is 5.92 Å². The maximum Gasteiger partial charge on any atom is 0.251 e. The molecular formula is C22H30N2O4. The molecule has 0 unspecified atom stereocenters. The van der Waals surface area contributed by atoms with Gasteiger partial charge in [0.05, 0.1) is 6.10 Å². The number of likely N-dealkylation sites (tertiary alicyclic amines) is 1. The molecule has 28 heavy (non-hydrogen) atoms. The molecule has 0 radical (unpaired) electrons. The van der Waals surface area contributed by atoms with Crippen LogP contribution in [0.5, 0.6) is 5.75 Å². The molecule has 2 amide bonds. The third-order valence-corrected chi connectivity index (χ3v) is 5.86. The summed E-state index contributed by atoms with van der Waals surface area (Å²) in [4.78, 5) is 26.4. The molecule has 2 heterocycles. The van der Waals surface area contributed by atoms with Crippen LogP contribution in [0.25, 0.3) is 0 Å². The average molecular weight is 386 g/mol. The third kappa shape index (κ3) is 5.04. The topological polar surface area (TPSA) is 67.9 Å². The lowest BCUT2D eigenvalue weighted by atomic mass is 10.1. The lowest BCUT2D eigenvalue weighted by molar-refractivity contribution is -0.134. The number of nitrogens with one attached hydrogen (secondary N) is 1. The summed E-state index contributed by atoms with van der Waals surface area (Å²) in [6, 6.07) is 7.32. The minimum Gasteiger partial charge on any atom is -0.490 e. The van der Waals surface area contributed by atoms with Crippen LogP contribution < -0.4 is 10.1 Å². The van der Waals surface area contributed by atoms with Crippen LogP contribution in [0.2, 0.25) is 0 Å². The Bertz CT molecular complexity index is 672. The van der Waals surface area contributed by atoms with Crippen molar-refractivity contribution in [3.05, 3.63) is 29.8 Å². The molecule has 1 aromatic rings. The Morgan fingerprint density at radius 1 is 1.04 bits per heavy atom. The van der Waals surface area contributed by atoms with E-state index in [-0.39, 0.29) is 18.1 Å². The average Bonchev–Trinajstić information content (AvgIpc) is 3.59. The molecule has 0 aromatic heterocycles. The van der Waals surface area contributed by atoms with Crippen molar-refractivity contribution in [2.45, 2.75) is 57.2 Å². The van der Waals surface area contributed by atoms with Crippen LogP contribution in [0.4, 0.5) is 0 Å². The molecule has 4 rings (SSSR count). The fourth-order valence-corrected chi connectivity index (χ4v) is 3.94. The zero-order valence-corrected chi connectivity index (χ0v) is 16.4. The van der Waals surface area contributed by atoms with E-state index in [1.807, 2.05) is 17.0 Å². The van der Waals surface area contributed by atoms with Crippen molar-refractivity contribution >= 4 is 11.8 Å². The van der Waals surface area contributed by atoms with Crippen LogP contribution in [0.1, 0.15) is 55.3 Å². The summed E-state index contributed by atoms with van der Waals surface area (Å²) in [7, 11) is 0. The van der Waals surface area contributed by atoms with Crippen molar-refractivity contribution < 1.29 is 19.1 Å². The van der Waals surface area contributed by atoms with Gasteiger partial charge >= 0.3 is 0 Å². The highest BCUT2D eigenvalue weighted by atomic mass is 16.5. The van der Waals surface area contributed by atoms with E-state index in [0.717, 1.165) is 64.0 Å². The summed E-state index contributed by atoms with van der Waals surface area (Å²) in [5, 5.41) is 2.96. The van der Waals surface area contributed by atoms with Gasteiger partial charge in [-0.3, -0.25) is 9.59 Å². The van der Waals surface area contributed by atoms with Crippen LogP contribution in [0.15, 0.2) is 24.3 Å². The van der Waals surface area contributed by atoms with E-state index in [0.29, 0.717) is 23.9 Å². The largest absolute Gasteiger partial charge is 0.490 e. The van der Waals surface area contributed by atoms with Crippen LogP contribution in [0.3, 0.4) is 0 Å². The number of ether oxygens (including phenoxy) is 2. The van der Waals surface area contributed by atoms with Gasteiger partial charge in [0.25, 0.3) is 5.91 Å². The fourth-order valence-electron chi connectivity index (χ4n) is 3.94. The predicted octanol–water partition coefficient (Wildman–Crippen LogP) is 2.77. The van der Waals surface area contributed by atoms with E-state index in [1.165, 1.54) is 6.42 Å². The minimum atomic E-state index is -0.0763. The molecule has 1 atom stereocenters. The Kier molecular flexibility index (Phi) is 6.15. The van der Waals surface area contributed by atoms with Crippen molar-refractivity contribution in [3.63, 3.8) is 0 Å². The van der Waals surface area contributed by atoms with E-state index >= 15 is 0 Å². The number of benzene rings is 1. The minimum absolute atomic E-state index is 0.0763. The predicted molar refractivity (Wildman–Crippen MR) is 105 cm³/mol. The zero-order valence-electron chi connectivity index (χ0n) is 16.4. The lowest BCUT2D eigenvalue weighted by Crippen LogP contribution is -2.42. The van der Waals surface area contributed by atoms with Gasteiger partial charge in [0.2, 0.25) is 5.91 Å². The zero-order chi connectivity index (χ0) is 19.3. The van der Waals surface area contributed by atoms with E-state index in [9.17, 15) is 9.59 Å². The van der Waals surface area contributed by atoms with Crippen molar-refractivity contribution in [1.82, 2.24) is 10.2 Å². The molecule has 1 saturated carbocycles. The van der Waals surface area contributed by atoms with Crippen molar-refractivity contribution in [1.29, 1.82) is 0 Å². The van der Waals surface area contributed by atoms with Gasteiger partial charge in [0.15, 0.2) is 0 Å². The first kappa shape index (κ1) is 19.2. The molecule has 6 heteroatoms. The van der Waals surface area contributed by atoms with Gasteiger partial charge in [-0.25, -0.2) is 0 Å². The molecular weight excluding hydrogens is 356 g/mol. The summed E-state index contributed by atoms with van der Waals surface area (Å²) in [5.41, 5.74) is 0.632. The van der Waals surface area contributed by atoms with Gasteiger partial charge in [-0.2, -0.15) is 0 Å².